The maximum atomic E-state index is 12.3. The number of aryl methyl sites for hydroxylation is 4. The van der Waals surface area contributed by atoms with Gasteiger partial charge in [0.25, 0.3) is 5.91 Å². The lowest BCUT2D eigenvalue weighted by Gasteiger charge is -2.10. The first kappa shape index (κ1) is 19.4. The van der Waals surface area contributed by atoms with E-state index in [2.05, 4.69) is 10.9 Å². The molecule has 0 aliphatic carbocycles. The van der Waals surface area contributed by atoms with Crippen LogP contribution in [0.25, 0.3) is 0 Å². The van der Waals surface area contributed by atoms with Crippen molar-refractivity contribution in [2.45, 2.75) is 40.5 Å². The van der Waals surface area contributed by atoms with Gasteiger partial charge >= 0.3 is 0 Å². The number of amides is 2. The maximum Gasteiger partial charge on any atom is 0.269 e. The first-order valence-electron chi connectivity index (χ1n) is 8.55. The molecule has 2 N–H and O–H groups in total. The van der Waals surface area contributed by atoms with E-state index < -0.39 is 5.91 Å². The Morgan fingerprint density at radius 1 is 0.731 bits per heavy atom. The number of hydrogen-bond donors (Lipinski definition) is 2. The first-order chi connectivity index (χ1) is 12.3. The molecule has 0 aromatic heterocycles. The van der Waals surface area contributed by atoms with Crippen LogP contribution in [0, 0.1) is 27.7 Å². The van der Waals surface area contributed by atoms with Crippen molar-refractivity contribution in [3.8, 4) is 0 Å². The fourth-order valence-corrected chi connectivity index (χ4v) is 2.72. The van der Waals surface area contributed by atoms with Crippen LogP contribution in [0.15, 0.2) is 36.4 Å². The Bertz CT molecular complexity index is 856. The lowest BCUT2D eigenvalue weighted by atomic mass is 9.99. The fraction of sp³-hybridized carbons (Fsp3) is 0.286. The smallest absolute Gasteiger partial charge is 0.269 e. The van der Waals surface area contributed by atoms with Gasteiger partial charge in [-0.05, 0) is 51.0 Å². The Morgan fingerprint density at radius 3 is 2.08 bits per heavy atom. The summed E-state index contributed by atoms with van der Waals surface area (Å²) in [6.45, 7) is 7.58. The molecule has 2 aromatic carbocycles. The molecule has 5 nitrogen and oxygen atoms in total. The third-order valence-electron chi connectivity index (χ3n) is 4.21. The summed E-state index contributed by atoms with van der Waals surface area (Å²) in [5, 5.41) is 0. The van der Waals surface area contributed by atoms with E-state index in [9.17, 15) is 14.4 Å². The van der Waals surface area contributed by atoms with Gasteiger partial charge in [0.05, 0.1) is 0 Å². The van der Waals surface area contributed by atoms with Crippen molar-refractivity contribution in [2.24, 2.45) is 0 Å². The summed E-state index contributed by atoms with van der Waals surface area (Å²) in [6.07, 6.45) is 0.106. The first-order valence-corrected chi connectivity index (χ1v) is 8.55. The van der Waals surface area contributed by atoms with Crippen LogP contribution in [0.1, 0.15) is 55.8 Å². The summed E-state index contributed by atoms with van der Waals surface area (Å²) < 4.78 is 0. The van der Waals surface area contributed by atoms with E-state index in [1.165, 1.54) is 0 Å². The molecular weight excluding hydrogens is 328 g/mol. The molecule has 2 amide bonds. The zero-order valence-electron chi connectivity index (χ0n) is 15.6. The minimum absolute atomic E-state index is 0.0133. The molecule has 26 heavy (non-hydrogen) atoms. The lowest BCUT2D eigenvalue weighted by molar-refractivity contribution is -0.121. The van der Waals surface area contributed by atoms with Gasteiger partial charge in [0, 0.05) is 24.0 Å². The quantitative estimate of drug-likeness (QED) is 0.640. The van der Waals surface area contributed by atoms with Gasteiger partial charge in [-0.15, -0.1) is 0 Å². The van der Waals surface area contributed by atoms with E-state index in [4.69, 9.17) is 0 Å². The van der Waals surface area contributed by atoms with Crippen molar-refractivity contribution in [1.29, 1.82) is 0 Å². The minimum atomic E-state index is -0.401. The maximum absolute atomic E-state index is 12.3. The number of carbonyl (C=O) groups excluding carboxylic acids is 3. The van der Waals surface area contributed by atoms with Crippen LogP contribution in [0.4, 0.5) is 0 Å². The summed E-state index contributed by atoms with van der Waals surface area (Å²) in [5.41, 5.74) is 9.69. The number of hydrazine groups is 1. The van der Waals surface area contributed by atoms with Crippen LogP contribution in [0.5, 0.6) is 0 Å². The molecule has 0 heterocycles. The Kier molecular flexibility index (Phi) is 6.28. The molecule has 0 spiro atoms. The van der Waals surface area contributed by atoms with E-state index >= 15 is 0 Å². The van der Waals surface area contributed by atoms with Crippen LogP contribution >= 0.6 is 0 Å². The van der Waals surface area contributed by atoms with Gasteiger partial charge in [-0.1, -0.05) is 35.4 Å². The molecule has 0 bridgehead atoms. The third kappa shape index (κ3) is 5.02. The molecule has 0 saturated heterocycles. The van der Waals surface area contributed by atoms with E-state index in [-0.39, 0.29) is 24.5 Å². The molecule has 0 radical (unpaired) electrons. The zero-order valence-corrected chi connectivity index (χ0v) is 15.6. The highest BCUT2D eigenvalue weighted by atomic mass is 16.2. The van der Waals surface area contributed by atoms with Gasteiger partial charge in [0.1, 0.15) is 0 Å². The van der Waals surface area contributed by atoms with Crippen molar-refractivity contribution in [3.05, 3.63) is 69.8 Å². The van der Waals surface area contributed by atoms with E-state index in [1.807, 2.05) is 58.0 Å². The summed E-state index contributed by atoms with van der Waals surface area (Å²) in [5.74, 6) is -0.861. The summed E-state index contributed by atoms with van der Waals surface area (Å²) in [4.78, 5) is 36.3. The molecule has 5 heteroatoms. The van der Waals surface area contributed by atoms with E-state index in [0.29, 0.717) is 11.1 Å². The fourth-order valence-electron chi connectivity index (χ4n) is 2.72. The SMILES string of the molecule is Cc1ccc(C(=O)NNC(=O)CCC(=O)c2cc(C)ccc2C)c(C)c1. The van der Waals surface area contributed by atoms with Gasteiger partial charge in [0.15, 0.2) is 5.78 Å². The predicted molar refractivity (Wildman–Crippen MR) is 101 cm³/mol. The third-order valence-corrected chi connectivity index (χ3v) is 4.21. The second-order valence-corrected chi connectivity index (χ2v) is 6.56. The predicted octanol–water partition coefficient (Wildman–Crippen LogP) is 3.34. The Hall–Kier alpha value is -2.95. The molecule has 0 aliphatic rings. The Labute approximate surface area is 153 Å². The van der Waals surface area contributed by atoms with Crippen LogP contribution in [-0.4, -0.2) is 17.6 Å². The topological polar surface area (TPSA) is 75.3 Å². The van der Waals surface area contributed by atoms with Crippen LogP contribution in [-0.2, 0) is 4.79 Å². The lowest BCUT2D eigenvalue weighted by Crippen LogP contribution is -2.42. The molecule has 2 rings (SSSR count). The van der Waals surface area contributed by atoms with Crippen molar-refractivity contribution in [2.75, 3.05) is 0 Å². The van der Waals surface area contributed by atoms with Gasteiger partial charge in [0.2, 0.25) is 5.91 Å². The molecule has 2 aromatic rings. The van der Waals surface area contributed by atoms with Gasteiger partial charge in [-0.25, -0.2) is 0 Å². The molecular formula is C21H24N2O3. The molecule has 136 valence electrons. The molecule has 0 atom stereocenters. The number of ketones is 1. The second-order valence-electron chi connectivity index (χ2n) is 6.56. The largest absolute Gasteiger partial charge is 0.294 e. The van der Waals surface area contributed by atoms with Gasteiger partial charge in [-0.2, -0.15) is 0 Å². The highest BCUT2D eigenvalue weighted by Gasteiger charge is 2.13. The Morgan fingerprint density at radius 2 is 1.38 bits per heavy atom. The number of rotatable bonds is 5. The monoisotopic (exact) mass is 352 g/mol. The van der Waals surface area contributed by atoms with E-state index in [0.717, 1.165) is 22.3 Å². The van der Waals surface area contributed by atoms with Crippen LogP contribution in [0.3, 0.4) is 0 Å². The highest BCUT2D eigenvalue weighted by Crippen LogP contribution is 2.14. The standard InChI is InChI=1S/C21H24N2O3/c1-13-6-8-17(16(4)11-13)21(26)23-22-20(25)10-9-19(24)18-12-14(2)5-7-15(18)3/h5-8,11-12H,9-10H2,1-4H3,(H,22,25)(H,23,26). The molecule has 0 fully saturated rings. The Balaban J connectivity index is 1.86. The van der Waals surface area contributed by atoms with Crippen molar-refractivity contribution < 1.29 is 14.4 Å². The summed E-state index contributed by atoms with van der Waals surface area (Å²) >= 11 is 0. The minimum Gasteiger partial charge on any atom is -0.294 e. The molecule has 0 aliphatic heterocycles. The summed E-state index contributed by atoms with van der Waals surface area (Å²) in [7, 11) is 0. The zero-order chi connectivity index (χ0) is 19.3. The van der Waals surface area contributed by atoms with Crippen molar-refractivity contribution in [3.63, 3.8) is 0 Å². The van der Waals surface area contributed by atoms with Crippen LogP contribution < -0.4 is 10.9 Å². The number of hydrogen-bond acceptors (Lipinski definition) is 3. The van der Waals surface area contributed by atoms with Gasteiger partial charge in [-0.3, -0.25) is 25.2 Å². The number of carbonyl (C=O) groups is 3. The number of benzene rings is 2. The summed E-state index contributed by atoms with van der Waals surface area (Å²) in [6, 6.07) is 11.1. The number of nitrogens with one attached hydrogen (secondary N) is 2. The highest BCUT2D eigenvalue weighted by molar-refractivity contribution is 6.00. The van der Waals surface area contributed by atoms with E-state index in [1.54, 1.807) is 6.07 Å². The average Bonchev–Trinajstić information content (AvgIpc) is 2.59. The van der Waals surface area contributed by atoms with Gasteiger partial charge < -0.3 is 0 Å². The normalized spacial score (nSPS) is 10.3. The van der Waals surface area contributed by atoms with Crippen molar-refractivity contribution >= 4 is 17.6 Å². The second kappa shape index (κ2) is 8.43. The number of Topliss-reactive ketones (excluding diaryl/α,β-unsaturated/α-hetero) is 1. The molecule has 0 unspecified atom stereocenters. The average molecular weight is 352 g/mol. The molecule has 0 saturated carbocycles. The van der Waals surface area contributed by atoms with Crippen LogP contribution in [0.2, 0.25) is 0 Å². The van der Waals surface area contributed by atoms with Crippen molar-refractivity contribution in [1.82, 2.24) is 10.9 Å².